The van der Waals surface area contributed by atoms with Gasteiger partial charge in [-0.3, -0.25) is 9.59 Å². The number of amides is 1. The first-order chi connectivity index (χ1) is 14.0. The quantitative estimate of drug-likeness (QED) is 0.568. The summed E-state index contributed by atoms with van der Waals surface area (Å²) in [6, 6.07) is 15.5. The van der Waals surface area contributed by atoms with E-state index in [1.54, 1.807) is 11.3 Å². The highest BCUT2D eigenvalue weighted by Gasteiger charge is 2.21. The summed E-state index contributed by atoms with van der Waals surface area (Å²) in [5.41, 5.74) is 3.66. The molecule has 0 unspecified atom stereocenters. The first kappa shape index (κ1) is 20.9. The number of rotatable bonds is 8. The number of carbonyl (C=O) groups is 2. The summed E-state index contributed by atoms with van der Waals surface area (Å²) in [4.78, 5) is 26.1. The predicted molar refractivity (Wildman–Crippen MR) is 115 cm³/mol. The molecule has 0 bridgehead atoms. The van der Waals surface area contributed by atoms with E-state index in [-0.39, 0.29) is 24.3 Å². The zero-order valence-corrected chi connectivity index (χ0v) is 17.8. The number of esters is 1. The molecule has 0 spiro atoms. The maximum atomic E-state index is 13.0. The van der Waals surface area contributed by atoms with Crippen LogP contribution in [0.1, 0.15) is 38.6 Å². The number of methoxy groups -OCH3 is 1. The highest BCUT2D eigenvalue weighted by atomic mass is 32.1. The molecule has 5 nitrogen and oxygen atoms in total. The number of hydrogen-bond donors (Lipinski definition) is 1. The molecule has 3 aromatic rings. The van der Waals surface area contributed by atoms with Crippen molar-refractivity contribution in [3.63, 3.8) is 0 Å². The van der Waals surface area contributed by atoms with E-state index in [1.165, 1.54) is 12.0 Å². The molecule has 1 N–H and O–H groups in total. The van der Waals surface area contributed by atoms with E-state index < -0.39 is 0 Å². The number of aryl methyl sites for hydroxylation is 1. The van der Waals surface area contributed by atoms with E-state index in [9.17, 15) is 9.59 Å². The zero-order chi connectivity index (χ0) is 20.8. The maximum absolute atomic E-state index is 13.0. The van der Waals surface area contributed by atoms with E-state index in [0.717, 1.165) is 23.5 Å². The third-order valence-electron chi connectivity index (χ3n) is 5.01. The van der Waals surface area contributed by atoms with E-state index >= 15 is 0 Å². The number of carbonyl (C=O) groups excluding carboxylic acids is 2. The summed E-state index contributed by atoms with van der Waals surface area (Å²) in [5, 5.41) is 5.09. The molecule has 0 radical (unpaired) electrons. The highest BCUT2D eigenvalue weighted by Crippen LogP contribution is 2.20. The number of thiophene rings is 1. The first-order valence-corrected chi connectivity index (χ1v) is 10.5. The summed E-state index contributed by atoms with van der Waals surface area (Å²) in [7, 11) is 1.36. The molecule has 1 atom stereocenters. The van der Waals surface area contributed by atoms with E-state index in [0.29, 0.717) is 12.0 Å². The van der Waals surface area contributed by atoms with Crippen LogP contribution in [0.2, 0.25) is 0 Å². The van der Waals surface area contributed by atoms with Gasteiger partial charge in [0.15, 0.2) is 0 Å². The first-order valence-electron chi connectivity index (χ1n) is 9.58. The number of ether oxygens (including phenoxy) is 1. The molecular weight excluding hydrogens is 384 g/mol. The van der Waals surface area contributed by atoms with Crippen molar-refractivity contribution >= 4 is 23.2 Å². The fourth-order valence-electron chi connectivity index (χ4n) is 3.45. The Morgan fingerprint density at radius 2 is 1.90 bits per heavy atom. The third kappa shape index (κ3) is 5.35. The second kappa shape index (κ2) is 9.56. The number of hydrogen-bond acceptors (Lipinski definition) is 4. The van der Waals surface area contributed by atoms with Gasteiger partial charge in [-0.2, -0.15) is 0 Å². The van der Waals surface area contributed by atoms with Gasteiger partial charge in [0.1, 0.15) is 0 Å². The fraction of sp³-hybridized carbons (Fsp3) is 0.304. The monoisotopic (exact) mass is 410 g/mol. The molecular formula is C23H26N2O3S. The Hall–Kier alpha value is -2.86. The summed E-state index contributed by atoms with van der Waals surface area (Å²) in [6.07, 6.45) is 0.695. The Morgan fingerprint density at radius 1 is 1.14 bits per heavy atom. The van der Waals surface area contributed by atoms with Crippen molar-refractivity contribution in [2.75, 3.05) is 7.11 Å². The fourth-order valence-corrected chi connectivity index (χ4v) is 4.15. The maximum Gasteiger partial charge on any atom is 0.307 e. The Labute approximate surface area is 175 Å². The molecule has 0 saturated carbocycles. The van der Waals surface area contributed by atoms with Crippen LogP contribution in [-0.2, 0) is 22.5 Å². The predicted octanol–water partition coefficient (Wildman–Crippen LogP) is 4.12. The van der Waals surface area contributed by atoms with Crippen molar-refractivity contribution in [1.29, 1.82) is 0 Å². The minimum atomic E-state index is -0.339. The van der Waals surface area contributed by atoms with Crippen LogP contribution in [0.15, 0.2) is 53.9 Å². The Balaban J connectivity index is 1.77. The average molecular weight is 411 g/mol. The third-order valence-corrected chi connectivity index (χ3v) is 5.87. The number of nitrogens with zero attached hydrogens (tertiary/aromatic N) is 1. The van der Waals surface area contributed by atoms with Gasteiger partial charge in [-0.15, -0.1) is 11.3 Å². The topological polar surface area (TPSA) is 60.3 Å². The van der Waals surface area contributed by atoms with E-state index in [4.69, 9.17) is 4.74 Å². The van der Waals surface area contributed by atoms with Crippen LogP contribution in [0.5, 0.6) is 0 Å². The lowest BCUT2D eigenvalue weighted by molar-refractivity contribution is -0.141. The van der Waals surface area contributed by atoms with E-state index in [2.05, 4.69) is 21.3 Å². The molecule has 29 heavy (non-hydrogen) atoms. The molecule has 2 heterocycles. The minimum absolute atomic E-state index is 0.130. The van der Waals surface area contributed by atoms with Gasteiger partial charge in [0, 0.05) is 22.3 Å². The SMILES string of the molecule is COC(=O)C[C@@H](Cc1ccccc1)NC(=O)c1cc(C)n(Cc2cccs2)c1C. The summed E-state index contributed by atoms with van der Waals surface area (Å²) in [6.45, 7) is 4.72. The standard InChI is InChI=1S/C23H26N2O3S/c1-16-12-21(17(2)25(16)15-20-10-7-11-29-20)23(27)24-19(14-22(26)28-3)13-18-8-5-4-6-9-18/h4-12,19H,13-15H2,1-3H3,(H,24,27)/t19-/m1/s1. The van der Waals surface area contributed by atoms with Crippen LogP contribution in [-0.4, -0.2) is 29.6 Å². The van der Waals surface area contributed by atoms with Crippen molar-refractivity contribution in [3.05, 3.63) is 81.3 Å². The van der Waals surface area contributed by atoms with Gasteiger partial charge >= 0.3 is 5.97 Å². The molecule has 0 aliphatic rings. The lowest BCUT2D eigenvalue weighted by Gasteiger charge is -2.18. The number of aromatic nitrogens is 1. The largest absolute Gasteiger partial charge is 0.469 e. The van der Waals surface area contributed by atoms with Crippen molar-refractivity contribution in [3.8, 4) is 0 Å². The lowest BCUT2D eigenvalue weighted by atomic mass is 10.0. The van der Waals surface area contributed by atoms with Gasteiger partial charge < -0.3 is 14.6 Å². The van der Waals surface area contributed by atoms with Crippen molar-refractivity contribution in [1.82, 2.24) is 9.88 Å². The van der Waals surface area contributed by atoms with Gasteiger partial charge in [-0.25, -0.2) is 0 Å². The molecule has 0 fully saturated rings. The second-order valence-corrected chi connectivity index (χ2v) is 8.12. The highest BCUT2D eigenvalue weighted by molar-refractivity contribution is 7.09. The van der Waals surface area contributed by atoms with Crippen LogP contribution in [0.25, 0.3) is 0 Å². The van der Waals surface area contributed by atoms with Gasteiger partial charge in [0.2, 0.25) is 0 Å². The van der Waals surface area contributed by atoms with Crippen LogP contribution >= 0.6 is 11.3 Å². The Morgan fingerprint density at radius 3 is 2.55 bits per heavy atom. The van der Waals surface area contributed by atoms with Crippen molar-refractivity contribution < 1.29 is 14.3 Å². The molecule has 0 saturated heterocycles. The Kier molecular flexibility index (Phi) is 6.88. The van der Waals surface area contributed by atoms with Crippen LogP contribution in [0.4, 0.5) is 0 Å². The molecule has 1 aromatic carbocycles. The molecule has 152 valence electrons. The average Bonchev–Trinajstić information content (AvgIpc) is 3.32. The summed E-state index contributed by atoms with van der Waals surface area (Å²) < 4.78 is 6.96. The van der Waals surface area contributed by atoms with Gasteiger partial charge in [-0.1, -0.05) is 36.4 Å². The smallest absolute Gasteiger partial charge is 0.307 e. The number of nitrogens with one attached hydrogen (secondary N) is 1. The molecule has 3 rings (SSSR count). The molecule has 6 heteroatoms. The van der Waals surface area contributed by atoms with Crippen LogP contribution in [0.3, 0.4) is 0 Å². The molecule has 0 aliphatic heterocycles. The van der Waals surface area contributed by atoms with Crippen molar-refractivity contribution in [2.45, 2.75) is 39.3 Å². The van der Waals surface area contributed by atoms with Crippen molar-refractivity contribution in [2.24, 2.45) is 0 Å². The van der Waals surface area contributed by atoms with Gasteiger partial charge in [0.25, 0.3) is 5.91 Å². The zero-order valence-electron chi connectivity index (χ0n) is 17.0. The van der Waals surface area contributed by atoms with Gasteiger partial charge in [-0.05, 0) is 43.3 Å². The summed E-state index contributed by atoms with van der Waals surface area (Å²) in [5.74, 6) is -0.505. The minimum Gasteiger partial charge on any atom is -0.469 e. The van der Waals surface area contributed by atoms with Crippen LogP contribution in [0, 0.1) is 13.8 Å². The number of benzene rings is 1. The Bertz CT molecular complexity index is 962. The summed E-state index contributed by atoms with van der Waals surface area (Å²) >= 11 is 1.70. The van der Waals surface area contributed by atoms with Crippen LogP contribution < -0.4 is 5.32 Å². The lowest BCUT2D eigenvalue weighted by Crippen LogP contribution is -2.38. The second-order valence-electron chi connectivity index (χ2n) is 7.09. The van der Waals surface area contributed by atoms with Gasteiger partial charge in [0.05, 0.1) is 25.6 Å². The molecule has 1 amide bonds. The normalized spacial score (nSPS) is 11.8. The molecule has 2 aromatic heterocycles. The molecule has 0 aliphatic carbocycles. The van der Waals surface area contributed by atoms with E-state index in [1.807, 2.05) is 56.3 Å².